The van der Waals surface area contributed by atoms with Crippen molar-refractivity contribution in [1.82, 2.24) is 4.98 Å². The van der Waals surface area contributed by atoms with Crippen molar-refractivity contribution in [3.63, 3.8) is 0 Å². The van der Waals surface area contributed by atoms with Gasteiger partial charge in [-0.2, -0.15) is 0 Å². The van der Waals surface area contributed by atoms with E-state index in [1.54, 1.807) is 30.5 Å². The van der Waals surface area contributed by atoms with Crippen molar-refractivity contribution in [1.29, 1.82) is 0 Å². The Morgan fingerprint density at radius 2 is 2.15 bits per heavy atom. The Labute approximate surface area is 118 Å². The van der Waals surface area contributed by atoms with Crippen molar-refractivity contribution < 1.29 is 13.9 Å². The van der Waals surface area contributed by atoms with Gasteiger partial charge in [-0.15, -0.1) is 11.3 Å². The summed E-state index contributed by atoms with van der Waals surface area (Å²) in [6, 6.07) is 11.7. The number of rotatable bonds is 3. The molecule has 0 radical (unpaired) electrons. The first-order valence-electron chi connectivity index (χ1n) is 5.99. The van der Waals surface area contributed by atoms with E-state index in [1.165, 1.54) is 23.5 Å². The van der Waals surface area contributed by atoms with E-state index in [9.17, 15) is 9.18 Å². The second kappa shape index (κ2) is 5.38. The van der Waals surface area contributed by atoms with Crippen molar-refractivity contribution in [2.24, 2.45) is 0 Å². The number of thiophene rings is 1. The third kappa shape index (κ3) is 2.53. The van der Waals surface area contributed by atoms with Crippen LogP contribution < -0.4 is 0 Å². The summed E-state index contributed by atoms with van der Waals surface area (Å²) in [6.07, 6.45) is 1.64. The normalized spacial score (nSPS) is 10.7. The van der Waals surface area contributed by atoms with E-state index in [2.05, 4.69) is 4.98 Å². The summed E-state index contributed by atoms with van der Waals surface area (Å²) in [4.78, 5) is 16.4. The number of hydrogen-bond acceptors (Lipinski definition) is 4. The van der Waals surface area contributed by atoms with Crippen LogP contribution in [0.5, 0.6) is 0 Å². The fourth-order valence-corrected chi connectivity index (χ4v) is 2.79. The Morgan fingerprint density at radius 1 is 1.25 bits per heavy atom. The molecule has 0 fully saturated rings. The van der Waals surface area contributed by atoms with Gasteiger partial charge in [0.1, 0.15) is 17.3 Å². The van der Waals surface area contributed by atoms with Crippen LogP contribution in [0.2, 0.25) is 0 Å². The molecule has 20 heavy (non-hydrogen) atoms. The molecule has 0 N–H and O–H groups in total. The minimum Gasteiger partial charge on any atom is -0.455 e. The Kier molecular flexibility index (Phi) is 3.43. The van der Waals surface area contributed by atoms with Gasteiger partial charge in [0, 0.05) is 16.3 Å². The zero-order valence-electron chi connectivity index (χ0n) is 10.4. The van der Waals surface area contributed by atoms with Gasteiger partial charge in [-0.05, 0) is 30.3 Å². The number of halogens is 1. The van der Waals surface area contributed by atoms with Crippen LogP contribution in [0.4, 0.5) is 4.39 Å². The minimum atomic E-state index is -0.462. The highest BCUT2D eigenvalue weighted by molar-refractivity contribution is 7.20. The maximum atomic E-state index is 13.6. The van der Waals surface area contributed by atoms with E-state index in [-0.39, 0.29) is 12.4 Å². The smallest absolute Gasteiger partial charge is 0.348 e. The number of pyridine rings is 1. The number of ether oxygens (including phenoxy) is 1. The lowest BCUT2D eigenvalue weighted by Gasteiger charge is -2.01. The van der Waals surface area contributed by atoms with E-state index in [1.807, 2.05) is 6.07 Å². The third-order valence-electron chi connectivity index (χ3n) is 2.79. The number of carbonyl (C=O) groups excluding carboxylic acids is 1. The monoisotopic (exact) mass is 287 g/mol. The SMILES string of the molecule is O=C(OCc1ccccn1)c1cc2c(F)cccc2s1. The molecule has 0 aliphatic rings. The molecule has 0 amide bonds. The van der Waals surface area contributed by atoms with Gasteiger partial charge < -0.3 is 4.74 Å². The summed E-state index contributed by atoms with van der Waals surface area (Å²) in [5.41, 5.74) is 0.674. The van der Waals surface area contributed by atoms with Crippen molar-refractivity contribution in [2.45, 2.75) is 6.61 Å². The van der Waals surface area contributed by atoms with Crippen LogP contribution in [0.25, 0.3) is 10.1 Å². The zero-order valence-corrected chi connectivity index (χ0v) is 11.2. The first kappa shape index (κ1) is 12.7. The van der Waals surface area contributed by atoms with Crippen LogP contribution in [0.1, 0.15) is 15.4 Å². The lowest BCUT2D eigenvalue weighted by atomic mass is 10.2. The third-order valence-corrected chi connectivity index (χ3v) is 3.87. The first-order valence-corrected chi connectivity index (χ1v) is 6.81. The van der Waals surface area contributed by atoms with E-state index in [0.29, 0.717) is 16.0 Å². The average Bonchev–Trinajstić information content (AvgIpc) is 2.91. The number of carbonyl (C=O) groups is 1. The summed E-state index contributed by atoms with van der Waals surface area (Å²) >= 11 is 1.22. The van der Waals surface area contributed by atoms with Gasteiger partial charge in [0.25, 0.3) is 0 Å². The van der Waals surface area contributed by atoms with Crippen molar-refractivity contribution in [2.75, 3.05) is 0 Å². The van der Waals surface area contributed by atoms with Crippen LogP contribution in [0, 0.1) is 5.82 Å². The molecular formula is C15H10FNO2S. The summed E-state index contributed by atoms with van der Waals surface area (Å²) in [7, 11) is 0. The molecule has 0 spiro atoms. The predicted molar refractivity (Wildman–Crippen MR) is 75.1 cm³/mol. The summed E-state index contributed by atoms with van der Waals surface area (Å²) in [5, 5.41) is 0.447. The maximum Gasteiger partial charge on any atom is 0.348 e. The zero-order chi connectivity index (χ0) is 13.9. The molecule has 2 aromatic heterocycles. The van der Waals surface area contributed by atoms with E-state index in [4.69, 9.17) is 4.74 Å². The topological polar surface area (TPSA) is 39.2 Å². The van der Waals surface area contributed by atoms with Gasteiger partial charge in [-0.1, -0.05) is 12.1 Å². The van der Waals surface area contributed by atoms with E-state index >= 15 is 0 Å². The molecule has 0 bridgehead atoms. The van der Waals surface area contributed by atoms with Gasteiger partial charge in [0.2, 0.25) is 0 Å². The molecule has 100 valence electrons. The molecule has 0 unspecified atom stereocenters. The number of benzene rings is 1. The van der Waals surface area contributed by atoms with Gasteiger partial charge in [0.15, 0.2) is 0 Å². The lowest BCUT2D eigenvalue weighted by Crippen LogP contribution is -2.03. The van der Waals surface area contributed by atoms with Crippen LogP contribution >= 0.6 is 11.3 Å². The molecule has 1 aromatic carbocycles. The van der Waals surface area contributed by atoms with Crippen molar-refractivity contribution in [3.05, 3.63) is 65.0 Å². The molecule has 5 heteroatoms. The maximum absolute atomic E-state index is 13.6. The van der Waals surface area contributed by atoms with E-state index in [0.717, 1.165) is 4.70 Å². The molecule has 0 saturated carbocycles. The number of fused-ring (bicyclic) bond motifs is 1. The Bertz CT molecular complexity index is 755. The summed E-state index contributed by atoms with van der Waals surface area (Å²) < 4.78 is 19.5. The number of nitrogens with zero attached hydrogens (tertiary/aromatic N) is 1. The average molecular weight is 287 g/mol. The molecular weight excluding hydrogens is 277 g/mol. The fraction of sp³-hybridized carbons (Fsp3) is 0.0667. The highest BCUT2D eigenvalue weighted by Crippen LogP contribution is 2.28. The first-order chi connectivity index (χ1) is 9.74. The second-order valence-electron chi connectivity index (χ2n) is 4.16. The Balaban J connectivity index is 1.77. The predicted octanol–water partition coefficient (Wildman–Crippen LogP) is 3.79. The van der Waals surface area contributed by atoms with Crippen LogP contribution in [0.15, 0.2) is 48.7 Å². The second-order valence-corrected chi connectivity index (χ2v) is 5.24. The van der Waals surface area contributed by atoms with Crippen LogP contribution in [-0.2, 0) is 11.3 Å². The standard InChI is InChI=1S/C15H10FNO2S/c16-12-5-3-6-13-11(12)8-14(20-13)15(18)19-9-10-4-1-2-7-17-10/h1-8H,9H2. The van der Waals surface area contributed by atoms with Crippen molar-refractivity contribution >= 4 is 27.4 Å². The van der Waals surface area contributed by atoms with Gasteiger partial charge >= 0.3 is 5.97 Å². The molecule has 3 rings (SSSR count). The van der Waals surface area contributed by atoms with Crippen molar-refractivity contribution in [3.8, 4) is 0 Å². The number of aromatic nitrogens is 1. The van der Waals surface area contributed by atoms with Gasteiger partial charge in [-0.25, -0.2) is 9.18 Å². The molecule has 3 aromatic rings. The Hall–Kier alpha value is -2.27. The minimum absolute atomic E-state index is 0.108. The lowest BCUT2D eigenvalue weighted by molar-refractivity contribution is 0.0473. The largest absolute Gasteiger partial charge is 0.455 e. The molecule has 2 heterocycles. The molecule has 0 aliphatic carbocycles. The quantitative estimate of drug-likeness (QED) is 0.688. The van der Waals surface area contributed by atoms with Gasteiger partial charge in [0.05, 0.1) is 5.69 Å². The fourth-order valence-electron chi connectivity index (χ4n) is 1.82. The number of esters is 1. The van der Waals surface area contributed by atoms with Gasteiger partial charge in [-0.3, -0.25) is 4.98 Å². The molecule has 3 nitrogen and oxygen atoms in total. The van der Waals surface area contributed by atoms with E-state index < -0.39 is 5.97 Å². The highest BCUT2D eigenvalue weighted by atomic mass is 32.1. The number of hydrogen-bond donors (Lipinski definition) is 0. The summed E-state index contributed by atoms with van der Waals surface area (Å²) in [5.74, 6) is -0.793. The summed E-state index contributed by atoms with van der Waals surface area (Å²) in [6.45, 7) is 0.108. The Morgan fingerprint density at radius 3 is 2.90 bits per heavy atom. The highest BCUT2D eigenvalue weighted by Gasteiger charge is 2.13. The molecule has 0 aliphatic heterocycles. The van der Waals surface area contributed by atoms with Crippen LogP contribution in [0.3, 0.4) is 0 Å². The molecule has 0 atom stereocenters. The molecule has 0 saturated heterocycles. The van der Waals surface area contributed by atoms with Crippen LogP contribution in [-0.4, -0.2) is 11.0 Å².